The van der Waals surface area contributed by atoms with Crippen molar-refractivity contribution in [1.29, 1.82) is 0 Å². The van der Waals surface area contributed by atoms with Gasteiger partial charge in [-0.2, -0.15) is 0 Å². The minimum atomic E-state index is -3.91. The average molecular weight is 306 g/mol. The molecule has 1 aliphatic rings. The van der Waals surface area contributed by atoms with Gasteiger partial charge in [0.05, 0.1) is 11.4 Å². The first kappa shape index (κ1) is 13.9. The number of hydrogen-bond acceptors (Lipinski definition) is 3. The minimum absolute atomic E-state index is 0.290. The van der Waals surface area contributed by atoms with Crippen molar-refractivity contribution in [1.82, 2.24) is 0 Å². The molecule has 6 heteroatoms. The molecule has 2 aromatic carbocycles. The number of nitrogens with one attached hydrogen (secondary N) is 1. The third-order valence-corrected chi connectivity index (χ3v) is 5.28. The lowest BCUT2D eigenvalue weighted by molar-refractivity contribution is 0.563. The summed E-state index contributed by atoms with van der Waals surface area (Å²) in [6.07, 6.45) is 0.655. The molecule has 0 radical (unpaired) electrons. The van der Waals surface area contributed by atoms with E-state index in [1.165, 1.54) is 22.5 Å². The Labute approximate surface area is 123 Å². The number of halogens is 1. The molecule has 1 N–H and O–H groups in total. The van der Waals surface area contributed by atoms with E-state index >= 15 is 0 Å². The second kappa shape index (κ2) is 5.37. The van der Waals surface area contributed by atoms with Gasteiger partial charge in [0, 0.05) is 13.1 Å². The van der Waals surface area contributed by atoms with Crippen molar-refractivity contribution in [2.45, 2.75) is 11.3 Å². The average Bonchev–Trinajstić information content (AvgIpc) is 2.70. The highest BCUT2D eigenvalue weighted by Gasteiger charge is 2.29. The molecule has 0 fully saturated rings. The van der Waals surface area contributed by atoms with Crippen LogP contribution in [0.2, 0.25) is 0 Å². The van der Waals surface area contributed by atoms with Crippen LogP contribution in [0.3, 0.4) is 0 Å². The molecule has 0 saturated carbocycles. The van der Waals surface area contributed by atoms with Gasteiger partial charge in [-0.05, 0) is 30.7 Å². The van der Waals surface area contributed by atoms with Gasteiger partial charge in [0.2, 0.25) is 0 Å². The van der Waals surface area contributed by atoms with Crippen LogP contribution >= 0.6 is 0 Å². The highest BCUT2D eigenvalue weighted by molar-refractivity contribution is 7.92. The summed E-state index contributed by atoms with van der Waals surface area (Å²) in [5.74, 6) is -0.729. The van der Waals surface area contributed by atoms with Gasteiger partial charge >= 0.3 is 0 Å². The van der Waals surface area contributed by atoms with E-state index in [1.54, 1.807) is 12.1 Å². The van der Waals surface area contributed by atoms with Gasteiger partial charge < -0.3 is 5.32 Å². The van der Waals surface area contributed by atoms with E-state index in [9.17, 15) is 12.8 Å². The Balaban J connectivity index is 2.13. The summed E-state index contributed by atoms with van der Waals surface area (Å²) in [6.45, 7) is 1.00. The van der Waals surface area contributed by atoms with Crippen molar-refractivity contribution in [3.8, 4) is 0 Å². The first-order valence-corrected chi connectivity index (χ1v) is 8.15. The van der Waals surface area contributed by atoms with Crippen molar-refractivity contribution in [3.63, 3.8) is 0 Å². The highest BCUT2D eigenvalue weighted by atomic mass is 32.2. The molecule has 0 amide bonds. The smallest absolute Gasteiger partial charge is 0.267 e. The maximum Gasteiger partial charge on any atom is 0.267 e. The molecule has 0 unspecified atom stereocenters. The van der Waals surface area contributed by atoms with E-state index < -0.39 is 15.8 Å². The van der Waals surface area contributed by atoms with Crippen LogP contribution in [0.1, 0.15) is 6.42 Å². The maximum absolute atomic E-state index is 13.9. The quantitative estimate of drug-likeness (QED) is 0.928. The fourth-order valence-electron chi connectivity index (χ4n) is 2.43. The number of hydrogen-bond donors (Lipinski definition) is 1. The van der Waals surface area contributed by atoms with Crippen LogP contribution in [0.25, 0.3) is 0 Å². The summed E-state index contributed by atoms with van der Waals surface area (Å²) in [4.78, 5) is -0.290. The van der Waals surface area contributed by atoms with Gasteiger partial charge in [-0.25, -0.2) is 12.8 Å². The van der Waals surface area contributed by atoms with Crippen LogP contribution in [-0.2, 0) is 10.0 Å². The highest BCUT2D eigenvalue weighted by Crippen LogP contribution is 2.33. The fraction of sp³-hybridized carbons (Fsp3) is 0.200. The Hall–Kier alpha value is -2.08. The van der Waals surface area contributed by atoms with Crippen molar-refractivity contribution in [2.75, 3.05) is 22.7 Å². The molecule has 1 aliphatic heterocycles. The second-order valence-corrected chi connectivity index (χ2v) is 6.64. The molecular formula is C15H15FN2O2S. The first-order chi connectivity index (χ1) is 10.1. The first-order valence-electron chi connectivity index (χ1n) is 6.71. The molecule has 0 saturated heterocycles. The number of nitrogens with zero attached hydrogens (tertiary/aromatic N) is 1. The van der Waals surface area contributed by atoms with Crippen LogP contribution < -0.4 is 9.62 Å². The number of anilines is 2. The van der Waals surface area contributed by atoms with E-state index in [-0.39, 0.29) is 4.90 Å². The standard InChI is InChI=1S/C15H15FN2O2S/c16-12-6-1-4-9-15(12)21(19,20)18-11-5-10-17-13-7-2-3-8-14(13)18/h1-4,6-9,17H,5,10-11H2. The Morgan fingerprint density at radius 1 is 1.05 bits per heavy atom. The molecular weight excluding hydrogens is 291 g/mol. The Bertz CT molecular complexity index is 762. The summed E-state index contributed by atoms with van der Waals surface area (Å²) in [7, 11) is -3.91. The number of rotatable bonds is 2. The van der Waals surface area contributed by atoms with Gasteiger partial charge in [-0.15, -0.1) is 0 Å². The summed E-state index contributed by atoms with van der Waals surface area (Å²) in [5.41, 5.74) is 1.30. The molecule has 4 nitrogen and oxygen atoms in total. The van der Waals surface area contributed by atoms with Crippen molar-refractivity contribution in [3.05, 3.63) is 54.3 Å². The monoisotopic (exact) mass is 306 g/mol. The summed E-state index contributed by atoms with van der Waals surface area (Å²) >= 11 is 0. The lowest BCUT2D eigenvalue weighted by Crippen LogP contribution is -2.32. The minimum Gasteiger partial charge on any atom is -0.383 e. The lowest BCUT2D eigenvalue weighted by atomic mass is 10.2. The van der Waals surface area contributed by atoms with Crippen molar-refractivity contribution in [2.24, 2.45) is 0 Å². The molecule has 3 rings (SSSR count). The van der Waals surface area contributed by atoms with Crippen LogP contribution in [0.5, 0.6) is 0 Å². The zero-order valence-corrected chi connectivity index (χ0v) is 12.1. The van der Waals surface area contributed by atoms with Crippen molar-refractivity contribution < 1.29 is 12.8 Å². The zero-order valence-electron chi connectivity index (χ0n) is 11.3. The van der Waals surface area contributed by atoms with Crippen LogP contribution in [0.4, 0.5) is 15.8 Å². The number of sulfonamides is 1. The van der Waals surface area contributed by atoms with Gasteiger partial charge in [0.1, 0.15) is 10.7 Å². The Morgan fingerprint density at radius 2 is 1.76 bits per heavy atom. The molecule has 0 aliphatic carbocycles. The van der Waals surface area contributed by atoms with Gasteiger partial charge in [-0.3, -0.25) is 4.31 Å². The molecule has 1 heterocycles. The zero-order chi connectivity index (χ0) is 14.9. The summed E-state index contributed by atoms with van der Waals surface area (Å²) in [5, 5.41) is 3.19. The number of benzene rings is 2. The van der Waals surface area contributed by atoms with E-state index in [0.717, 1.165) is 11.8 Å². The van der Waals surface area contributed by atoms with E-state index in [2.05, 4.69) is 5.32 Å². The molecule has 0 aromatic heterocycles. The van der Waals surface area contributed by atoms with Crippen molar-refractivity contribution >= 4 is 21.4 Å². The molecule has 0 spiro atoms. The van der Waals surface area contributed by atoms with Gasteiger partial charge in [0.25, 0.3) is 10.0 Å². The topological polar surface area (TPSA) is 49.4 Å². The predicted molar refractivity (Wildman–Crippen MR) is 80.5 cm³/mol. The van der Waals surface area contributed by atoms with E-state index in [1.807, 2.05) is 12.1 Å². The number of para-hydroxylation sites is 2. The van der Waals surface area contributed by atoms with Crippen LogP contribution in [0.15, 0.2) is 53.4 Å². The van der Waals surface area contributed by atoms with Crippen LogP contribution in [0, 0.1) is 5.82 Å². The molecule has 2 aromatic rings. The third kappa shape index (κ3) is 2.47. The Morgan fingerprint density at radius 3 is 2.57 bits per heavy atom. The van der Waals surface area contributed by atoms with Gasteiger partial charge in [0.15, 0.2) is 0 Å². The SMILES string of the molecule is O=S(=O)(c1ccccc1F)N1CCCNc2ccccc21. The molecule has 0 bridgehead atoms. The third-order valence-electron chi connectivity index (χ3n) is 3.43. The molecule has 21 heavy (non-hydrogen) atoms. The summed E-state index contributed by atoms with van der Waals surface area (Å²) in [6, 6.07) is 12.6. The normalized spacial score (nSPS) is 15.0. The van der Waals surface area contributed by atoms with Crippen LogP contribution in [-0.4, -0.2) is 21.5 Å². The Kier molecular flexibility index (Phi) is 3.55. The molecule has 0 atom stereocenters. The largest absolute Gasteiger partial charge is 0.383 e. The predicted octanol–water partition coefficient (Wildman–Crippen LogP) is 2.84. The van der Waals surface area contributed by atoms with E-state index in [4.69, 9.17) is 0 Å². The van der Waals surface area contributed by atoms with E-state index in [0.29, 0.717) is 25.2 Å². The second-order valence-electron chi connectivity index (χ2n) is 4.81. The molecule has 110 valence electrons. The fourth-order valence-corrected chi connectivity index (χ4v) is 4.02. The summed E-state index contributed by atoms with van der Waals surface area (Å²) < 4.78 is 40.7. The number of fused-ring (bicyclic) bond motifs is 1. The lowest BCUT2D eigenvalue weighted by Gasteiger charge is -2.24. The maximum atomic E-state index is 13.9. The van der Waals surface area contributed by atoms with Gasteiger partial charge in [-0.1, -0.05) is 24.3 Å².